The predicted octanol–water partition coefficient (Wildman–Crippen LogP) is 2.48. The second kappa shape index (κ2) is 6.05. The van der Waals surface area contributed by atoms with Gasteiger partial charge in [-0.2, -0.15) is 13.2 Å². The molecule has 1 saturated heterocycles. The quantitative estimate of drug-likeness (QED) is 0.865. The molecule has 1 unspecified atom stereocenters. The molecule has 2 rings (SSSR count). The largest absolute Gasteiger partial charge is 0.416 e. The second-order valence-electron chi connectivity index (χ2n) is 4.71. The van der Waals surface area contributed by atoms with Gasteiger partial charge in [0.05, 0.1) is 11.1 Å². The van der Waals surface area contributed by atoms with Crippen LogP contribution in [0.5, 0.6) is 0 Å². The molecule has 1 aromatic carbocycles. The first kappa shape index (κ1) is 15.8. The Morgan fingerprint density at radius 2 is 2.14 bits per heavy atom. The van der Waals surface area contributed by atoms with Gasteiger partial charge in [-0.1, -0.05) is 0 Å². The van der Waals surface area contributed by atoms with Crippen molar-refractivity contribution in [1.82, 2.24) is 10.6 Å². The fraction of sp³-hybridized carbons (Fsp3) is 0.385. The highest BCUT2D eigenvalue weighted by Gasteiger charge is 2.31. The summed E-state index contributed by atoms with van der Waals surface area (Å²) in [5, 5.41) is 5.20. The Labute approximate surface area is 127 Å². The summed E-state index contributed by atoms with van der Waals surface area (Å²) in [7, 11) is 0. The van der Waals surface area contributed by atoms with Crippen LogP contribution in [0.25, 0.3) is 0 Å². The highest BCUT2D eigenvalue weighted by atomic mass is 79.9. The van der Waals surface area contributed by atoms with Crippen LogP contribution in [-0.4, -0.2) is 24.4 Å². The van der Waals surface area contributed by atoms with Crippen molar-refractivity contribution in [3.8, 4) is 0 Å². The first-order chi connectivity index (χ1) is 9.77. The fourth-order valence-corrected chi connectivity index (χ4v) is 2.44. The minimum Gasteiger partial charge on any atom is -0.352 e. The zero-order chi connectivity index (χ0) is 15.6. The molecule has 0 bridgehead atoms. The van der Waals surface area contributed by atoms with E-state index in [1.165, 1.54) is 6.07 Å². The van der Waals surface area contributed by atoms with Crippen molar-refractivity contribution in [2.45, 2.75) is 25.1 Å². The van der Waals surface area contributed by atoms with Crippen LogP contribution in [0.1, 0.15) is 28.8 Å². The molecule has 4 nitrogen and oxygen atoms in total. The molecule has 21 heavy (non-hydrogen) atoms. The minimum atomic E-state index is -4.50. The molecule has 1 heterocycles. The molecule has 1 atom stereocenters. The van der Waals surface area contributed by atoms with Crippen LogP contribution in [-0.2, 0) is 11.0 Å². The number of carbonyl (C=O) groups excluding carboxylic acids is 2. The average molecular weight is 365 g/mol. The van der Waals surface area contributed by atoms with Gasteiger partial charge >= 0.3 is 6.18 Å². The summed E-state index contributed by atoms with van der Waals surface area (Å²) in [6.45, 7) is 0.188. The maximum Gasteiger partial charge on any atom is 0.416 e. The average Bonchev–Trinajstić information content (AvgIpc) is 2.81. The number of hydrogen-bond acceptors (Lipinski definition) is 2. The van der Waals surface area contributed by atoms with Crippen LogP contribution < -0.4 is 10.6 Å². The SMILES string of the molecule is O=C1CCC(CNC(=O)c2cc(C(F)(F)F)ccc2Br)N1. The third-order valence-electron chi connectivity index (χ3n) is 3.13. The summed E-state index contributed by atoms with van der Waals surface area (Å²) in [4.78, 5) is 23.0. The molecular weight excluding hydrogens is 353 g/mol. The van der Waals surface area contributed by atoms with Gasteiger partial charge < -0.3 is 10.6 Å². The van der Waals surface area contributed by atoms with E-state index in [1.807, 2.05) is 0 Å². The summed E-state index contributed by atoms with van der Waals surface area (Å²) in [5.41, 5.74) is -0.973. The van der Waals surface area contributed by atoms with Crippen LogP contribution in [0.4, 0.5) is 13.2 Å². The number of halogens is 4. The standard InChI is InChI=1S/C13H12BrF3N2O2/c14-10-3-1-7(13(15,16)17)5-9(10)12(21)18-6-8-2-4-11(20)19-8/h1,3,5,8H,2,4,6H2,(H,18,21)(H,19,20). The number of hydrogen-bond donors (Lipinski definition) is 2. The molecule has 1 aromatic rings. The first-order valence-electron chi connectivity index (χ1n) is 6.21. The molecule has 0 saturated carbocycles. The first-order valence-corrected chi connectivity index (χ1v) is 7.01. The monoisotopic (exact) mass is 364 g/mol. The van der Waals surface area contributed by atoms with Crippen molar-refractivity contribution in [3.63, 3.8) is 0 Å². The highest BCUT2D eigenvalue weighted by Crippen LogP contribution is 2.31. The van der Waals surface area contributed by atoms with Gasteiger partial charge in [-0.25, -0.2) is 0 Å². The Morgan fingerprint density at radius 3 is 2.71 bits per heavy atom. The lowest BCUT2D eigenvalue weighted by Gasteiger charge is -2.13. The molecule has 1 fully saturated rings. The third kappa shape index (κ3) is 3.96. The van der Waals surface area contributed by atoms with Crippen molar-refractivity contribution in [2.75, 3.05) is 6.54 Å². The molecule has 0 aromatic heterocycles. The summed E-state index contributed by atoms with van der Waals surface area (Å²) in [5.74, 6) is -0.705. The Balaban J connectivity index is 2.06. The van der Waals surface area contributed by atoms with Crippen LogP contribution in [0.15, 0.2) is 22.7 Å². The molecule has 2 N–H and O–H groups in total. The van der Waals surface area contributed by atoms with Crippen LogP contribution in [0.2, 0.25) is 0 Å². The van der Waals surface area contributed by atoms with Crippen molar-refractivity contribution in [2.24, 2.45) is 0 Å². The molecule has 0 spiro atoms. The maximum absolute atomic E-state index is 12.6. The van der Waals surface area contributed by atoms with E-state index in [4.69, 9.17) is 0 Å². The van der Waals surface area contributed by atoms with E-state index in [9.17, 15) is 22.8 Å². The number of nitrogens with one attached hydrogen (secondary N) is 2. The summed E-state index contributed by atoms with van der Waals surface area (Å²) < 4.78 is 38.2. The van der Waals surface area contributed by atoms with E-state index < -0.39 is 17.6 Å². The number of benzene rings is 1. The normalized spacial score (nSPS) is 18.5. The zero-order valence-electron chi connectivity index (χ0n) is 10.8. The van der Waals surface area contributed by atoms with Gasteiger partial charge in [-0.15, -0.1) is 0 Å². The minimum absolute atomic E-state index is 0.0884. The molecular formula is C13H12BrF3N2O2. The van der Waals surface area contributed by atoms with E-state index in [-0.39, 0.29) is 28.5 Å². The summed E-state index contributed by atoms with van der Waals surface area (Å²) in [6.07, 6.45) is -3.51. The maximum atomic E-state index is 12.6. The van der Waals surface area contributed by atoms with E-state index in [2.05, 4.69) is 26.6 Å². The lowest BCUT2D eigenvalue weighted by molar-refractivity contribution is -0.137. The molecule has 0 aliphatic carbocycles. The van der Waals surface area contributed by atoms with Crippen LogP contribution in [0.3, 0.4) is 0 Å². The summed E-state index contributed by atoms with van der Waals surface area (Å²) in [6, 6.07) is 2.71. The Morgan fingerprint density at radius 1 is 1.43 bits per heavy atom. The Kier molecular flexibility index (Phi) is 4.55. The van der Waals surface area contributed by atoms with Crippen molar-refractivity contribution in [3.05, 3.63) is 33.8 Å². The third-order valence-corrected chi connectivity index (χ3v) is 3.82. The smallest absolute Gasteiger partial charge is 0.352 e. The van der Waals surface area contributed by atoms with E-state index >= 15 is 0 Å². The van der Waals surface area contributed by atoms with Gasteiger partial charge in [0.1, 0.15) is 0 Å². The number of amides is 2. The van der Waals surface area contributed by atoms with Gasteiger partial charge in [0.25, 0.3) is 5.91 Å². The van der Waals surface area contributed by atoms with Crippen LogP contribution in [0, 0.1) is 0 Å². The molecule has 114 valence electrons. The van der Waals surface area contributed by atoms with Crippen molar-refractivity contribution >= 4 is 27.7 Å². The number of alkyl halides is 3. The Hall–Kier alpha value is -1.57. The Bertz CT molecular complexity index is 575. The van der Waals surface area contributed by atoms with Crippen molar-refractivity contribution in [1.29, 1.82) is 0 Å². The molecule has 1 aliphatic heterocycles. The molecule has 8 heteroatoms. The predicted molar refractivity (Wildman–Crippen MR) is 72.6 cm³/mol. The number of carbonyl (C=O) groups is 2. The van der Waals surface area contributed by atoms with Gasteiger partial charge in [-0.05, 0) is 40.5 Å². The fourth-order valence-electron chi connectivity index (χ4n) is 2.02. The second-order valence-corrected chi connectivity index (χ2v) is 5.56. The summed E-state index contributed by atoms with van der Waals surface area (Å²) >= 11 is 3.06. The lowest BCUT2D eigenvalue weighted by Crippen LogP contribution is -2.38. The van der Waals surface area contributed by atoms with Gasteiger partial charge in [-0.3, -0.25) is 9.59 Å². The molecule has 0 radical (unpaired) electrons. The topological polar surface area (TPSA) is 58.2 Å². The van der Waals surface area contributed by atoms with E-state index in [0.29, 0.717) is 12.8 Å². The van der Waals surface area contributed by atoms with E-state index in [1.54, 1.807) is 0 Å². The van der Waals surface area contributed by atoms with Gasteiger partial charge in [0.15, 0.2) is 0 Å². The molecule has 1 aliphatic rings. The lowest BCUT2D eigenvalue weighted by atomic mass is 10.1. The molecule has 2 amide bonds. The van der Waals surface area contributed by atoms with Crippen molar-refractivity contribution < 1.29 is 22.8 Å². The number of rotatable bonds is 3. The highest BCUT2D eigenvalue weighted by molar-refractivity contribution is 9.10. The zero-order valence-corrected chi connectivity index (χ0v) is 12.3. The van der Waals surface area contributed by atoms with Gasteiger partial charge in [0.2, 0.25) is 5.91 Å². The van der Waals surface area contributed by atoms with Crippen LogP contribution >= 0.6 is 15.9 Å². The van der Waals surface area contributed by atoms with Gasteiger partial charge in [0, 0.05) is 23.5 Å². The van der Waals surface area contributed by atoms with E-state index in [0.717, 1.165) is 12.1 Å².